The predicted molar refractivity (Wildman–Crippen MR) is 85.6 cm³/mol. The molecule has 0 saturated heterocycles. The summed E-state index contributed by atoms with van der Waals surface area (Å²) in [4.78, 5) is 0. The lowest BCUT2D eigenvalue weighted by atomic mass is 10.1. The lowest BCUT2D eigenvalue weighted by Crippen LogP contribution is -2.01. The third kappa shape index (κ3) is 4.04. The summed E-state index contributed by atoms with van der Waals surface area (Å²) < 4.78 is 5.45. The second-order valence-corrected chi connectivity index (χ2v) is 4.99. The second-order valence-electron chi connectivity index (χ2n) is 4.56. The van der Waals surface area contributed by atoms with Gasteiger partial charge in [-0.05, 0) is 48.4 Å². The molecule has 0 radical (unpaired) electrons. The summed E-state index contributed by atoms with van der Waals surface area (Å²) in [5, 5.41) is 4.16. The van der Waals surface area contributed by atoms with Gasteiger partial charge in [0.1, 0.15) is 12.4 Å². The SMILES string of the molecule is C=CCOc1ccc(CNc2ccc(Cl)cc2C)cc1. The molecule has 0 spiro atoms. The molecule has 104 valence electrons. The minimum atomic E-state index is 0.529. The lowest BCUT2D eigenvalue weighted by molar-refractivity contribution is 0.363. The van der Waals surface area contributed by atoms with Crippen LogP contribution in [0.5, 0.6) is 5.75 Å². The molecule has 0 saturated carbocycles. The van der Waals surface area contributed by atoms with E-state index in [9.17, 15) is 0 Å². The number of halogens is 1. The minimum Gasteiger partial charge on any atom is -0.490 e. The van der Waals surface area contributed by atoms with E-state index in [0.29, 0.717) is 6.61 Å². The normalized spacial score (nSPS) is 10.1. The van der Waals surface area contributed by atoms with Gasteiger partial charge in [-0.15, -0.1) is 0 Å². The quantitative estimate of drug-likeness (QED) is 0.769. The van der Waals surface area contributed by atoms with Gasteiger partial charge >= 0.3 is 0 Å². The first-order valence-electron chi connectivity index (χ1n) is 6.51. The van der Waals surface area contributed by atoms with E-state index in [-0.39, 0.29) is 0 Å². The summed E-state index contributed by atoms with van der Waals surface area (Å²) in [5.41, 5.74) is 3.44. The van der Waals surface area contributed by atoms with Crippen LogP contribution in [0.3, 0.4) is 0 Å². The number of anilines is 1. The van der Waals surface area contributed by atoms with Crippen molar-refractivity contribution in [2.24, 2.45) is 0 Å². The topological polar surface area (TPSA) is 21.3 Å². The average molecular weight is 288 g/mol. The molecule has 2 aromatic carbocycles. The molecule has 0 amide bonds. The van der Waals surface area contributed by atoms with E-state index >= 15 is 0 Å². The van der Waals surface area contributed by atoms with Crippen molar-refractivity contribution in [1.82, 2.24) is 0 Å². The van der Waals surface area contributed by atoms with Crippen LogP contribution < -0.4 is 10.1 Å². The Morgan fingerprint density at radius 2 is 1.95 bits per heavy atom. The fraction of sp³-hybridized carbons (Fsp3) is 0.176. The van der Waals surface area contributed by atoms with Crippen molar-refractivity contribution in [3.05, 3.63) is 71.3 Å². The summed E-state index contributed by atoms with van der Waals surface area (Å²) in [6.07, 6.45) is 1.73. The molecule has 3 heteroatoms. The van der Waals surface area contributed by atoms with Crippen LogP contribution in [0.1, 0.15) is 11.1 Å². The Kier molecular flexibility index (Phi) is 5.08. The Balaban J connectivity index is 1.95. The maximum absolute atomic E-state index is 5.94. The van der Waals surface area contributed by atoms with Crippen molar-refractivity contribution in [3.63, 3.8) is 0 Å². The van der Waals surface area contributed by atoms with Crippen molar-refractivity contribution in [1.29, 1.82) is 0 Å². The summed E-state index contributed by atoms with van der Waals surface area (Å²) in [6.45, 7) is 6.97. The maximum atomic E-state index is 5.94. The Morgan fingerprint density at radius 3 is 2.60 bits per heavy atom. The molecule has 2 nitrogen and oxygen atoms in total. The van der Waals surface area contributed by atoms with Crippen LogP contribution in [0, 0.1) is 6.92 Å². The Hall–Kier alpha value is -1.93. The van der Waals surface area contributed by atoms with E-state index in [4.69, 9.17) is 16.3 Å². The molecule has 2 aromatic rings. The Labute approximate surface area is 125 Å². The first-order valence-corrected chi connectivity index (χ1v) is 6.89. The molecule has 0 aliphatic carbocycles. The first-order chi connectivity index (χ1) is 9.69. The van der Waals surface area contributed by atoms with E-state index in [1.807, 2.05) is 37.3 Å². The highest BCUT2D eigenvalue weighted by Gasteiger charge is 2.00. The average Bonchev–Trinajstić information content (AvgIpc) is 2.45. The summed E-state index contributed by atoms with van der Waals surface area (Å²) >= 11 is 5.94. The van der Waals surface area contributed by atoms with E-state index < -0.39 is 0 Å². The summed E-state index contributed by atoms with van der Waals surface area (Å²) in [7, 11) is 0. The van der Waals surface area contributed by atoms with E-state index in [1.165, 1.54) is 5.56 Å². The van der Waals surface area contributed by atoms with Crippen LogP contribution >= 0.6 is 11.6 Å². The van der Waals surface area contributed by atoms with E-state index in [1.54, 1.807) is 6.08 Å². The molecule has 0 aliphatic heterocycles. The number of nitrogens with one attached hydrogen (secondary N) is 1. The number of rotatable bonds is 6. The van der Waals surface area contributed by atoms with Gasteiger partial charge in [0.05, 0.1) is 0 Å². The van der Waals surface area contributed by atoms with Crippen molar-refractivity contribution >= 4 is 17.3 Å². The molecule has 0 unspecified atom stereocenters. The van der Waals surface area contributed by atoms with E-state index in [2.05, 4.69) is 24.0 Å². The van der Waals surface area contributed by atoms with Crippen LogP contribution in [0.15, 0.2) is 55.1 Å². The molecule has 0 aliphatic rings. The van der Waals surface area contributed by atoms with E-state index in [0.717, 1.165) is 28.6 Å². The highest BCUT2D eigenvalue weighted by atomic mass is 35.5. The van der Waals surface area contributed by atoms with Gasteiger partial charge in [0, 0.05) is 17.3 Å². The fourth-order valence-corrected chi connectivity index (χ4v) is 2.11. The first kappa shape index (κ1) is 14.5. The molecule has 0 atom stereocenters. The third-order valence-electron chi connectivity index (χ3n) is 2.96. The molecule has 0 fully saturated rings. The van der Waals surface area contributed by atoms with Gasteiger partial charge in [-0.3, -0.25) is 0 Å². The van der Waals surface area contributed by atoms with Gasteiger partial charge in [0.2, 0.25) is 0 Å². The molecule has 0 aromatic heterocycles. The molecular weight excluding hydrogens is 270 g/mol. The van der Waals surface area contributed by atoms with Crippen LogP contribution in [0.4, 0.5) is 5.69 Å². The van der Waals surface area contributed by atoms with Gasteiger partial charge in [0.25, 0.3) is 0 Å². The number of hydrogen-bond donors (Lipinski definition) is 1. The van der Waals surface area contributed by atoms with Gasteiger partial charge in [0.15, 0.2) is 0 Å². The van der Waals surface area contributed by atoms with Crippen LogP contribution in [0.25, 0.3) is 0 Å². The largest absolute Gasteiger partial charge is 0.490 e. The fourth-order valence-electron chi connectivity index (χ4n) is 1.88. The maximum Gasteiger partial charge on any atom is 0.119 e. The zero-order chi connectivity index (χ0) is 14.4. The molecular formula is C17H18ClNO. The van der Waals surface area contributed by atoms with Gasteiger partial charge in [-0.1, -0.05) is 36.4 Å². The van der Waals surface area contributed by atoms with Crippen molar-refractivity contribution in [2.75, 3.05) is 11.9 Å². The van der Waals surface area contributed by atoms with Gasteiger partial charge in [-0.25, -0.2) is 0 Å². The number of ether oxygens (including phenoxy) is 1. The minimum absolute atomic E-state index is 0.529. The zero-order valence-corrected chi connectivity index (χ0v) is 12.3. The van der Waals surface area contributed by atoms with Gasteiger partial charge < -0.3 is 10.1 Å². The number of benzene rings is 2. The van der Waals surface area contributed by atoms with Crippen molar-refractivity contribution < 1.29 is 4.74 Å². The Morgan fingerprint density at radius 1 is 1.20 bits per heavy atom. The van der Waals surface area contributed by atoms with Gasteiger partial charge in [-0.2, -0.15) is 0 Å². The number of hydrogen-bond acceptors (Lipinski definition) is 2. The van der Waals surface area contributed by atoms with Crippen LogP contribution in [0.2, 0.25) is 5.02 Å². The van der Waals surface area contributed by atoms with Crippen LogP contribution in [-0.4, -0.2) is 6.61 Å². The standard InChI is InChI=1S/C17H18ClNO/c1-3-10-20-16-7-4-14(5-8-16)12-19-17-9-6-15(18)11-13(17)2/h3-9,11,19H,1,10,12H2,2H3. The summed E-state index contributed by atoms with van der Waals surface area (Å²) in [6, 6.07) is 13.9. The molecule has 20 heavy (non-hydrogen) atoms. The van der Waals surface area contributed by atoms with Crippen molar-refractivity contribution in [3.8, 4) is 5.75 Å². The van der Waals surface area contributed by atoms with Crippen LogP contribution in [-0.2, 0) is 6.54 Å². The van der Waals surface area contributed by atoms with Crippen molar-refractivity contribution in [2.45, 2.75) is 13.5 Å². The third-order valence-corrected chi connectivity index (χ3v) is 3.20. The summed E-state index contributed by atoms with van der Waals surface area (Å²) in [5.74, 6) is 0.858. The zero-order valence-electron chi connectivity index (χ0n) is 11.5. The Bertz CT molecular complexity index is 578. The highest BCUT2D eigenvalue weighted by Crippen LogP contribution is 2.20. The smallest absolute Gasteiger partial charge is 0.119 e. The predicted octanol–water partition coefficient (Wildman–Crippen LogP) is 4.83. The molecule has 0 bridgehead atoms. The molecule has 0 heterocycles. The highest BCUT2D eigenvalue weighted by molar-refractivity contribution is 6.30. The molecule has 1 N–H and O–H groups in total. The lowest BCUT2D eigenvalue weighted by Gasteiger charge is -2.10. The second kappa shape index (κ2) is 7.01. The number of aryl methyl sites for hydroxylation is 1. The molecule has 2 rings (SSSR count). The monoisotopic (exact) mass is 287 g/mol.